The van der Waals surface area contributed by atoms with E-state index in [1.807, 2.05) is 38.1 Å². The van der Waals surface area contributed by atoms with Gasteiger partial charge in [-0.25, -0.2) is 9.69 Å². The van der Waals surface area contributed by atoms with Crippen LogP contribution in [0.1, 0.15) is 48.8 Å². The number of hydrogen-bond acceptors (Lipinski definition) is 4. The molecule has 1 aromatic heterocycles. The van der Waals surface area contributed by atoms with Gasteiger partial charge in [-0.2, -0.15) is 0 Å². The fourth-order valence-electron chi connectivity index (χ4n) is 5.10. The summed E-state index contributed by atoms with van der Waals surface area (Å²) in [6, 6.07) is 14.3. The van der Waals surface area contributed by atoms with Crippen molar-refractivity contribution in [3.8, 4) is 0 Å². The minimum absolute atomic E-state index is 0.152. The molecule has 5 rings (SSSR count). The number of fused-ring (bicyclic) bond motifs is 5. The number of anilines is 1. The number of amides is 4. The summed E-state index contributed by atoms with van der Waals surface area (Å²) in [4.78, 5) is 46.2. The number of nitrogens with zero attached hydrogens (tertiary/aromatic N) is 2. The van der Waals surface area contributed by atoms with Crippen LogP contribution in [0.4, 0.5) is 10.5 Å². The van der Waals surface area contributed by atoms with Gasteiger partial charge in [0, 0.05) is 36.2 Å². The maximum absolute atomic E-state index is 13.8. The average Bonchev–Trinajstić information content (AvgIpc) is 3.32. The molecule has 3 heterocycles. The summed E-state index contributed by atoms with van der Waals surface area (Å²) in [5, 5.41) is 3.96. The van der Waals surface area contributed by atoms with Crippen LogP contribution in [0.15, 0.2) is 48.5 Å². The molecule has 0 bridgehead atoms. The number of para-hydroxylation sites is 1. The van der Waals surface area contributed by atoms with Gasteiger partial charge in [0.1, 0.15) is 0 Å². The van der Waals surface area contributed by atoms with Crippen molar-refractivity contribution in [2.24, 2.45) is 0 Å². The first-order valence-electron chi connectivity index (χ1n) is 12.1. The molecular weight excluding hydrogens is 444 g/mol. The first-order chi connectivity index (χ1) is 16.8. The van der Waals surface area contributed by atoms with Gasteiger partial charge in [-0.1, -0.05) is 24.3 Å². The van der Waals surface area contributed by atoms with Crippen LogP contribution in [-0.4, -0.2) is 53.5 Å². The molecule has 0 saturated carbocycles. The second-order valence-corrected chi connectivity index (χ2v) is 9.50. The minimum atomic E-state index is -1.13. The minimum Gasteiger partial charge on any atom is -0.379 e. The molecule has 35 heavy (non-hydrogen) atoms. The highest BCUT2D eigenvalue weighted by Gasteiger charge is 2.59. The number of H-pyrrole nitrogens is 1. The Balaban J connectivity index is 1.39. The molecule has 0 radical (unpaired) electrons. The Hall–Kier alpha value is -3.65. The lowest BCUT2D eigenvalue weighted by Gasteiger charge is -2.35. The van der Waals surface area contributed by atoms with Crippen LogP contribution in [0.3, 0.4) is 0 Å². The van der Waals surface area contributed by atoms with E-state index in [4.69, 9.17) is 4.74 Å². The number of rotatable bonds is 7. The molecular formula is C27H30N4O4. The number of nitrogens with one attached hydrogen (secondary N) is 2. The standard InChI is InChI=1S/C27H30N4O4/c1-17(2)35-15-7-13-28-24(32)18-8-6-9-19(16-18)31-25(33)27(3)23-21(12-14-30(27)26(31)34)20-10-4-5-11-22(20)29-23/h4-6,8-11,16-17,29H,7,12-15H2,1-3H3,(H,28,32)/t27-/m0/s1. The molecule has 1 fully saturated rings. The van der Waals surface area contributed by atoms with Crippen molar-refractivity contribution in [3.05, 3.63) is 65.4 Å². The second-order valence-electron chi connectivity index (χ2n) is 9.50. The van der Waals surface area contributed by atoms with E-state index in [0.717, 1.165) is 22.2 Å². The summed E-state index contributed by atoms with van der Waals surface area (Å²) < 4.78 is 5.50. The van der Waals surface area contributed by atoms with Gasteiger partial charge in [0.25, 0.3) is 11.8 Å². The number of urea groups is 1. The number of carbonyl (C=O) groups is 3. The Morgan fingerprint density at radius 3 is 2.77 bits per heavy atom. The van der Waals surface area contributed by atoms with E-state index in [9.17, 15) is 14.4 Å². The van der Waals surface area contributed by atoms with Crippen molar-refractivity contribution in [2.75, 3.05) is 24.6 Å². The zero-order chi connectivity index (χ0) is 24.7. The van der Waals surface area contributed by atoms with Crippen molar-refractivity contribution in [2.45, 2.75) is 45.3 Å². The van der Waals surface area contributed by atoms with E-state index in [1.165, 1.54) is 4.90 Å². The van der Waals surface area contributed by atoms with Gasteiger partial charge in [-0.05, 0) is 63.4 Å². The highest BCUT2D eigenvalue weighted by Crippen LogP contribution is 2.45. The Bertz CT molecular complexity index is 1310. The zero-order valence-electron chi connectivity index (χ0n) is 20.3. The van der Waals surface area contributed by atoms with Gasteiger partial charge in [0.2, 0.25) is 0 Å². The fraction of sp³-hybridized carbons (Fsp3) is 0.370. The number of aromatic amines is 1. The van der Waals surface area contributed by atoms with Crippen LogP contribution in [0.2, 0.25) is 0 Å². The quantitative estimate of drug-likeness (QED) is 0.400. The lowest BCUT2D eigenvalue weighted by molar-refractivity contribution is -0.125. The molecule has 2 aromatic carbocycles. The van der Waals surface area contributed by atoms with Gasteiger partial charge in [0.05, 0.1) is 17.5 Å². The van der Waals surface area contributed by atoms with Gasteiger partial charge in [-0.15, -0.1) is 0 Å². The van der Waals surface area contributed by atoms with Crippen LogP contribution >= 0.6 is 0 Å². The van der Waals surface area contributed by atoms with E-state index < -0.39 is 5.54 Å². The van der Waals surface area contributed by atoms with E-state index in [1.54, 1.807) is 36.1 Å². The topological polar surface area (TPSA) is 94.7 Å². The molecule has 1 saturated heterocycles. The van der Waals surface area contributed by atoms with Gasteiger partial charge >= 0.3 is 6.03 Å². The average molecular weight is 475 g/mol. The molecule has 4 amide bonds. The summed E-state index contributed by atoms with van der Waals surface area (Å²) in [7, 11) is 0. The monoisotopic (exact) mass is 474 g/mol. The summed E-state index contributed by atoms with van der Waals surface area (Å²) in [6.45, 7) is 7.24. The molecule has 1 atom stereocenters. The van der Waals surface area contributed by atoms with E-state index >= 15 is 0 Å². The van der Waals surface area contributed by atoms with E-state index in [0.29, 0.717) is 43.8 Å². The molecule has 3 aromatic rings. The number of aromatic nitrogens is 1. The number of benzene rings is 2. The number of ether oxygens (including phenoxy) is 1. The molecule has 182 valence electrons. The van der Waals surface area contributed by atoms with E-state index in [-0.39, 0.29) is 23.9 Å². The van der Waals surface area contributed by atoms with Crippen LogP contribution in [0, 0.1) is 0 Å². The molecule has 0 spiro atoms. The predicted octanol–water partition coefficient (Wildman–Crippen LogP) is 3.95. The molecule has 0 unspecified atom stereocenters. The SMILES string of the molecule is CC(C)OCCCNC(=O)c1cccc(N2C(=O)N3CCc4c([nH]c5ccccc45)[C@@]3(C)C2=O)c1. The van der Waals surface area contributed by atoms with Gasteiger partial charge in [0.15, 0.2) is 5.54 Å². The largest absolute Gasteiger partial charge is 0.379 e. The van der Waals surface area contributed by atoms with E-state index in [2.05, 4.69) is 10.3 Å². The first-order valence-corrected chi connectivity index (χ1v) is 12.1. The number of hydrogen-bond donors (Lipinski definition) is 2. The molecule has 8 heteroatoms. The molecule has 8 nitrogen and oxygen atoms in total. The van der Waals surface area contributed by atoms with Crippen LogP contribution in [0.5, 0.6) is 0 Å². The Kier molecular flexibility index (Phi) is 5.84. The maximum Gasteiger partial charge on any atom is 0.332 e. The third-order valence-corrected chi connectivity index (χ3v) is 6.89. The highest BCUT2D eigenvalue weighted by molar-refractivity contribution is 6.24. The lowest BCUT2D eigenvalue weighted by atomic mass is 9.87. The van der Waals surface area contributed by atoms with Crippen molar-refractivity contribution in [3.63, 3.8) is 0 Å². The highest BCUT2D eigenvalue weighted by atomic mass is 16.5. The first kappa shape index (κ1) is 23.1. The zero-order valence-corrected chi connectivity index (χ0v) is 20.3. The lowest BCUT2D eigenvalue weighted by Crippen LogP contribution is -2.49. The van der Waals surface area contributed by atoms with Crippen LogP contribution < -0.4 is 10.2 Å². The molecule has 2 aliphatic heterocycles. The summed E-state index contributed by atoms with van der Waals surface area (Å²) in [5.74, 6) is -0.573. The van der Waals surface area contributed by atoms with Crippen molar-refractivity contribution >= 4 is 34.4 Å². The second kappa shape index (κ2) is 8.85. The van der Waals surface area contributed by atoms with Crippen LogP contribution in [0.25, 0.3) is 10.9 Å². The molecule has 0 aliphatic carbocycles. The third kappa shape index (κ3) is 3.78. The summed E-state index contributed by atoms with van der Waals surface area (Å²) >= 11 is 0. The predicted molar refractivity (Wildman–Crippen MR) is 133 cm³/mol. The normalized spacial score (nSPS) is 19.4. The number of carbonyl (C=O) groups excluding carboxylic acids is 3. The van der Waals surface area contributed by atoms with Crippen molar-refractivity contribution < 1.29 is 19.1 Å². The Morgan fingerprint density at radius 2 is 1.97 bits per heavy atom. The van der Waals surface area contributed by atoms with Gasteiger partial charge < -0.3 is 19.9 Å². The fourth-order valence-corrected chi connectivity index (χ4v) is 5.10. The maximum atomic E-state index is 13.8. The van der Waals surface area contributed by atoms with Crippen LogP contribution in [-0.2, 0) is 21.5 Å². The third-order valence-electron chi connectivity index (χ3n) is 6.89. The molecule has 2 aliphatic rings. The van der Waals surface area contributed by atoms with Crippen molar-refractivity contribution in [1.82, 2.24) is 15.2 Å². The van der Waals surface area contributed by atoms with Gasteiger partial charge in [-0.3, -0.25) is 9.59 Å². The Labute approximate surface area is 204 Å². The number of imide groups is 1. The smallest absolute Gasteiger partial charge is 0.332 e. The van der Waals surface area contributed by atoms with Crippen molar-refractivity contribution in [1.29, 1.82) is 0 Å². The molecule has 2 N–H and O–H groups in total. The Morgan fingerprint density at radius 1 is 1.17 bits per heavy atom. The summed E-state index contributed by atoms with van der Waals surface area (Å²) in [5.41, 5.74) is 2.47. The summed E-state index contributed by atoms with van der Waals surface area (Å²) in [6.07, 6.45) is 1.53.